The number of rotatable bonds is 5. The van der Waals surface area contributed by atoms with Gasteiger partial charge >= 0.3 is 6.03 Å². The number of hydrogen-bond acceptors (Lipinski definition) is 1. The second-order valence-electron chi connectivity index (χ2n) is 5.34. The van der Waals surface area contributed by atoms with Crippen molar-refractivity contribution in [2.75, 3.05) is 13.6 Å². The highest BCUT2D eigenvalue weighted by molar-refractivity contribution is 9.10. The summed E-state index contributed by atoms with van der Waals surface area (Å²) >= 11 is 3.46. The number of carbonyl (C=O) groups is 1. The molecule has 0 radical (unpaired) electrons. The van der Waals surface area contributed by atoms with E-state index in [9.17, 15) is 4.79 Å². The zero-order chi connectivity index (χ0) is 14.5. The molecule has 0 aromatic heterocycles. The molecule has 1 aromatic rings. The topological polar surface area (TPSA) is 32.3 Å². The molecular formula is C15H23BrN2O. The van der Waals surface area contributed by atoms with Gasteiger partial charge in [-0.1, -0.05) is 41.4 Å². The average Bonchev–Trinajstić information content (AvgIpc) is 2.35. The molecule has 0 saturated heterocycles. The molecular weight excluding hydrogens is 304 g/mol. The fraction of sp³-hybridized carbons (Fsp3) is 0.533. The van der Waals surface area contributed by atoms with Crippen LogP contribution in [0.25, 0.3) is 0 Å². The number of unbranched alkanes of at least 4 members (excludes halogenated alkanes) is 1. The third-order valence-electron chi connectivity index (χ3n) is 3.16. The van der Waals surface area contributed by atoms with E-state index >= 15 is 0 Å². The quantitative estimate of drug-likeness (QED) is 0.867. The molecule has 0 bridgehead atoms. The smallest absolute Gasteiger partial charge is 0.317 e. The van der Waals surface area contributed by atoms with Crippen molar-refractivity contribution in [1.29, 1.82) is 0 Å². The summed E-state index contributed by atoms with van der Waals surface area (Å²) < 4.78 is 1.02. The summed E-state index contributed by atoms with van der Waals surface area (Å²) in [5.74, 6) is 0. The Morgan fingerprint density at radius 1 is 1.42 bits per heavy atom. The van der Waals surface area contributed by atoms with Crippen LogP contribution in [0, 0.1) is 0 Å². The van der Waals surface area contributed by atoms with Gasteiger partial charge in [-0.15, -0.1) is 0 Å². The summed E-state index contributed by atoms with van der Waals surface area (Å²) in [5.41, 5.74) is 0.695. The van der Waals surface area contributed by atoms with E-state index in [2.05, 4.69) is 28.2 Å². The van der Waals surface area contributed by atoms with Crippen molar-refractivity contribution in [3.05, 3.63) is 34.3 Å². The lowest BCUT2D eigenvalue weighted by molar-refractivity contribution is 0.196. The van der Waals surface area contributed by atoms with E-state index in [1.165, 1.54) is 0 Å². The SMILES string of the molecule is CCCCN(C)C(=O)NC(C)(C)c1cccc(Br)c1. The van der Waals surface area contributed by atoms with Crippen LogP contribution >= 0.6 is 15.9 Å². The van der Waals surface area contributed by atoms with E-state index in [1.807, 2.05) is 45.2 Å². The second kappa shape index (κ2) is 6.94. The predicted molar refractivity (Wildman–Crippen MR) is 83.2 cm³/mol. The van der Waals surface area contributed by atoms with E-state index in [0.29, 0.717) is 0 Å². The van der Waals surface area contributed by atoms with Crippen LogP contribution in [-0.4, -0.2) is 24.5 Å². The Hall–Kier alpha value is -1.03. The number of halogens is 1. The minimum absolute atomic E-state index is 0.0292. The Kier molecular flexibility index (Phi) is 5.85. The zero-order valence-corrected chi connectivity index (χ0v) is 13.8. The van der Waals surface area contributed by atoms with Crippen LogP contribution in [0.15, 0.2) is 28.7 Å². The Bertz CT molecular complexity index is 432. The monoisotopic (exact) mass is 326 g/mol. The third kappa shape index (κ3) is 4.86. The zero-order valence-electron chi connectivity index (χ0n) is 12.2. The molecule has 1 N–H and O–H groups in total. The van der Waals surface area contributed by atoms with Gasteiger partial charge in [-0.2, -0.15) is 0 Å². The van der Waals surface area contributed by atoms with E-state index in [4.69, 9.17) is 0 Å². The minimum Gasteiger partial charge on any atom is -0.329 e. The van der Waals surface area contributed by atoms with Gasteiger partial charge in [0, 0.05) is 18.1 Å². The Labute approximate surface area is 124 Å². The van der Waals surface area contributed by atoms with Crippen molar-refractivity contribution in [3.8, 4) is 0 Å². The molecule has 0 heterocycles. The summed E-state index contributed by atoms with van der Waals surface area (Å²) in [5, 5.41) is 3.07. The Morgan fingerprint density at radius 2 is 2.11 bits per heavy atom. The van der Waals surface area contributed by atoms with Gasteiger partial charge in [0.05, 0.1) is 5.54 Å². The Morgan fingerprint density at radius 3 is 2.68 bits per heavy atom. The molecule has 0 atom stereocenters. The molecule has 1 rings (SSSR count). The van der Waals surface area contributed by atoms with E-state index in [-0.39, 0.29) is 11.6 Å². The van der Waals surface area contributed by atoms with Gasteiger partial charge in [-0.3, -0.25) is 0 Å². The number of carbonyl (C=O) groups excluding carboxylic acids is 1. The van der Waals surface area contributed by atoms with Gasteiger partial charge in [0.2, 0.25) is 0 Å². The Balaban J connectivity index is 2.71. The number of nitrogens with zero attached hydrogens (tertiary/aromatic N) is 1. The fourth-order valence-electron chi connectivity index (χ4n) is 1.81. The first-order valence-corrected chi connectivity index (χ1v) is 7.45. The summed E-state index contributed by atoms with van der Waals surface area (Å²) in [6.45, 7) is 6.94. The van der Waals surface area contributed by atoms with Crippen molar-refractivity contribution in [3.63, 3.8) is 0 Å². The molecule has 19 heavy (non-hydrogen) atoms. The lowest BCUT2D eigenvalue weighted by atomic mass is 9.94. The molecule has 3 nitrogen and oxygen atoms in total. The minimum atomic E-state index is -0.388. The van der Waals surface area contributed by atoms with Crippen molar-refractivity contribution in [2.45, 2.75) is 39.2 Å². The molecule has 1 aromatic carbocycles. The summed E-state index contributed by atoms with van der Waals surface area (Å²) in [6, 6.07) is 7.99. The van der Waals surface area contributed by atoms with Crippen molar-refractivity contribution in [2.24, 2.45) is 0 Å². The molecule has 0 aliphatic heterocycles. The van der Waals surface area contributed by atoms with Crippen LogP contribution in [0.1, 0.15) is 39.2 Å². The largest absolute Gasteiger partial charge is 0.329 e. The first-order chi connectivity index (χ1) is 8.86. The van der Waals surface area contributed by atoms with Gasteiger partial charge < -0.3 is 10.2 Å². The maximum absolute atomic E-state index is 12.1. The summed E-state index contributed by atoms with van der Waals surface area (Å²) in [4.78, 5) is 13.9. The number of amides is 2. The van der Waals surface area contributed by atoms with Crippen LogP contribution in [0.3, 0.4) is 0 Å². The highest BCUT2D eigenvalue weighted by atomic mass is 79.9. The lowest BCUT2D eigenvalue weighted by Crippen LogP contribution is -2.47. The molecule has 0 aliphatic carbocycles. The van der Waals surface area contributed by atoms with Crippen LogP contribution in [-0.2, 0) is 5.54 Å². The molecule has 0 saturated carbocycles. The number of benzene rings is 1. The van der Waals surface area contributed by atoms with E-state index < -0.39 is 0 Å². The standard InChI is InChI=1S/C15H23BrN2O/c1-5-6-10-18(4)14(19)17-15(2,3)12-8-7-9-13(16)11-12/h7-9,11H,5-6,10H2,1-4H3,(H,17,19). The van der Waals surface area contributed by atoms with Crippen LogP contribution in [0.2, 0.25) is 0 Å². The van der Waals surface area contributed by atoms with Crippen LogP contribution < -0.4 is 5.32 Å². The average molecular weight is 327 g/mol. The third-order valence-corrected chi connectivity index (χ3v) is 3.65. The van der Waals surface area contributed by atoms with Gasteiger partial charge in [0.15, 0.2) is 0 Å². The van der Waals surface area contributed by atoms with Gasteiger partial charge in [0.1, 0.15) is 0 Å². The molecule has 0 spiro atoms. The number of urea groups is 1. The second-order valence-corrected chi connectivity index (χ2v) is 6.26. The highest BCUT2D eigenvalue weighted by Gasteiger charge is 2.24. The summed E-state index contributed by atoms with van der Waals surface area (Å²) in [7, 11) is 1.84. The van der Waals surface area contributed by atoms with Crippen molar-refractivity contribution >= 4 is 22.0 Å². The van der Waals surface area contributed by atoms with Crippen LogP contribution in [0.4, 0.5) is 4.79 Å². The van der Waals surface area contributed by atoms with E-state index in [0.717, 1.165) is 29.4 Å². The maximum atomic E-state index is 12.1. The normalized spacial score (nSPS) is 11.2. The van der Waals surface area contributed by atoms with Gasteiger partial charge in [-0.05, 0) is 38.0 Å². The predicted octanol–water partition coefficient (Wildman–Crippen LogP) is 4.13. The molecule has 2 amide bonds. The lowest BCUT2D eigenvalue weighted by Gasteiger charge is -2.30. The van der Waals surface area contributed by atoms with Crippen molar-refractivity contribution in [1.82, 2.24) is 10.2 Å². The molecule has 106 valence electrons. The van der Waals surface area contributed by atoms with E-state index in [1.54, 1.807) is 4.90 Å². The highest BCUT2D eigenvalue weighted by Crippen LogP contribution is 2.23. The van der Waals surface area contributed by atoms with Gasteiger partial charge in [-0.25, -0.2) is 4.79 Å². The van der Waals surface area contributed by atoms with Gasteiger partial charge in [0.25, 0.3) is 0 Å². The van der Waals surface area contributed by atoms with Crippen molar-refractivity contribution < 1.29 is 4.79 Å². The number of nitrogens with one attached hydrogen (secondary N) is 1. The molecule has 0 fully saturated rings. The number of hydrogen-bond donors (Lipinski definition) is 1. The molecule has 0 unspecified atom stereocenters. The van der Waals surface area contributed by atoms with Crippen LogP contribution in [0.5, 0.6) is 0 Å². The fourth-order valence-corrected chi connectivity index (χ4v) is 2.21. The molecule has 4 heteroatoms. The first-order valence-electron chi connectivity index (χ1n) is 6.66. The molecule has 0 aliphatic rings. The maximum Gasteiger partial charge on any atom is 0.317 e. The summed E-state index contributed by atoms with van der Waals surface area (Å²) in [6.07, 6.45) is 2.12. The first kappa shape index (κ1) is 16.0.